The first-order valence-corrected chi connectivity index (χ1v) is 9.82. The molecule has 1 unspecified atom stereocenters. The summed E-state index contributed by atoms with van der Waals surface area (Å²) in [7, 11) is 0. The van der Waals surface area contributed by atoms with Gasteiger partial charge in [-0.25, -0.2) is 4.79 Å². The predicted octanol–water partition coefficient (Wildman–Crippen LogP) is 5.60. The van der Waals surface area contributed by atoms with Crippen LogP contribution in [0, 0.1) is 19.0 Å². The molecule has 4 rings (SSSR count). The van der Waals surface area contributed by atoms with E-state index < -0.39 is 12.1 Å². The molecule has 2 aromatic carbocycles. The molecule has 2 bridgehead atoms. The molecule has 1 aliphatic heterocycles. The normalized spacial score (nSPS) is 20.4. The van der Waals surface area contributed by atoms with Gasteiger partial charge in [0.1, 0.15) is 11.9 Å². The van der Waals surface area contributed by atoms with Gasteiger partial charge < -0.3 is 9.47 Å². The lowest BCUT2D eigenvalue weighted by Crippen LogP contribution is -2.33. The van der Waals surface area contributed by atoms with Gasteiger partial charge in [0.05, 0.1) is 5.56 Å². The number of hydrogen-bond donors (Lipinski definition) is 0. The van der Waals surface area contributed by atoms with E-state index in [2.05, 4.69) is 51.9 Å². The quantitative estimate of drug-likeness (QED) is 0.482. The van der Waals surface area contributed by atoms with Crippen LogP contribution in [0.15, 0.2) is 36.4 Å². The van der Waals surface area contributed by atoms with Crippen LogP contribution in [0.25, 0.3) is 0 Å². The average molecular weight is 374 g/mol. The highest BCUT2D eigenvalue weighted by Crippen LogP contribution is 2.52. The van der Waals surface area contributed by atoms with E-state index >= 15 is 0 Å². The molecule has 0 saturated heterocycles. The van der Waals surface area contributed by atoms with Crippen molar-refractivity contribution in [1.29, 1.82) is 0 Å². The number of aryl methyl sites for hydroxylation is 1. The number of benzene rings is 2. The van der Waals surface area contributed by atoms with Gasteiger partial charge in [-0.2, -0.15) is 0 Å². The molecule has 0 aromatic heterocycles. The van der Waals surface area contributed by atoms with Crippen LogP contribution in [0.3, 0.4) is 0 Å². The molecule has 2 aromatic rings. The number of esters is 1. The Kier molecular flexibility index (Phi) is 4.27. The van der Waals surface area contributed by atoms with Gasteiger partial charge in [-0.05, 0) is 65.8 Å². The van der Waals surface area contributed by atoms with E-state index in [9.17, 15) is 4.79 Å². The van der Waals surface area contributed by atoms with Gasteiger partial charge in [0.25, 0.3) is 0 Å². The van der Waals surface area contributed by atoms with E-state index in [1.54, 1.807) is 6.07 Å². The zero-order valence-electron chi connectivity index (χ0n) is 17.2. The van der Waals surface area contributed by atoms with E-state index in [-0.39, 0.29) is 10.8 Å². The largest absolute Gasteiger partial charge is 0.472 e. The second kappa shape index (κ2) is 6.41. The van der Waals surface area contributed by atoms with Crippen molar-refractivity contribution < 1.29 is 14.3 Å². The topological polar surface area (TPSA) is 35.5 Å². The van der Waals surface area contributed by atoms with Crippen LogP contribution >= 0.6 is 0 Å². The van der Waals surface area contributed by atoms with Gasteiger partial charge >= 0.3 is 5.97 Å². The fourth-order valence-electron chi connectivity index (χ4n) is 4.29. The molecule has 1 atom stereocenters. The van der Waals surface area contributed by atoms with Crippen molar-refractivity contribution in [3.05, 3.63) is 64.2 Å². The van der Waals surface area contributed by atoms with E-state index in [4.69, 9.17) is 9.47 Å². The molecule has 3 nitrogen and oxygen atoms in total. The molecule has 1 heterocycles. The summed E-state index contributed by atoms with van der Waals surface area (Å²) < 4.78 is 11.3. The Morgan fingerprint density at radius 2 is 1.82 bits per heavy atom. The minimum Gasteiger partial charge on any atom is -0.472 e. The van der Waals surface area contributed by atoms with Gasteiger partial charge in [-0.1, -0.05) is 45.9 Å². The molecular weight excluding hydrogens is 348 g/mol. The zero-order chi connectivity index (χ0) is 20.1. The molecule has 0 N–H and O–H groups in total. The summed E-state index contributed by atoms with van der Waals surface area (Å²) in [6, 6.07) is 11.6. The molecule has 0 spiro atoms. The van der Waals surface area contributed by atoms with Gasteiger partial charge in [0.15, 0.2) is 6.10 Å². The summed E-state index contributed by atoms with van der Waals surface area (Å²) in [6.45, 7) is 11.0. The molecule has 0 saturated carbocycles. The van der Waals surface area contributed by atoms with Crippen LogP contribution in [0.1, 0.15) is 79.3 Å². The van der Waals surface area contributed by atoms with Crippen molar-refractivity contribution in [2.45, 2.75) is 64.4 Å². The van der Waals surface area contributed by atoms with Gasteiger partial charge in [-0.15, -0.1) is 0 Å². The molecule has 28 heavy (non-hydrogen) atoms. The Balaban J connectivity index is 1.58. The SMILES string of the molecule is Cc1ccccc1C(=O)OC#CC1Oc2cc1cc1c2C(C)(C)CCC1(C)C. The maximum Gasteiger partial charge on any atom is 0.352 e. The highest BCUT2D eigenvalue weighted by Gasteiger charge is 2.42. The van der Waals surface area contributed by atoms with Crippen molar-refractivity contribution in [3.8, 4) is 17.8 Å². The summed E-state index contributed by atoms with van der Waals surface area (Å²) in [5, 5.41) is 0. The summed E-state index contributed by atoms with van der Waals surface area (Å²) in [5.74, 6) is 3.47. The summed E-state index contributed by atoms with van der Waals surface area (Å²) in [5.41, 5.74) is 5.31. The van der Waals surface area contributed by atoms with Crippen LogP contribution in [-0.4, -0.2) is 5.97 Å². The molecule has 0 amide bonds. The third-order valence-electron chi connectivity index (χ3n) is 6.15. The van der Waals surface area contributed by atoms with E-state index in [1.165, 1.54) is 11.1 Å². The number of carbonyl (C=O) groups is 1. The van der Waals surface area contributed by atoms with Crippen LogP contribution in [-0.2, 0) is 15.6 Å². The molecule has 144 valence electrons. The van der Waals surface area contributed by atoms with Crippen molar-refractivity contribution >= 4 is 5.97 Å². The molecule has 0 fully saturated rings. The third-order valence-corrected chi connectivity index (χ3v) is 6.15. The van der Waals surface area contributed by atoms with Crippen LogP contribution in [0.5, 0.6) is 5.75 Å². The molecular formula is C25H26O3. The molecule has 3 heteroatoms. The standard InChI is InChI=1S/C25H26O3/c1-16-8-6-7-9-18(16)23(26)27-13-10-20-17-14-19-22(21(15-17)28-20)25(4,5)12-11-24(19,2)3/h6-9,14-15,20H,11-12H2,1-5H3. The average Bonchev–Trinajstić information content (AvgIpc) is 2.94. The van der Waals surface area contributed by atoms with Crippen molar-refractivity contribution in [2.24, 2.45) is 0 Å². The first-order valence-electron chi connectivity index (χ1n) is 9.82. The lowest BCUT2D eigenvalue weighted by Gasteiger charge is -2.41. The van der Waals surface area contributed by atoms with Gasteiger partial charge in [0.2, 0.25) is 0 Å². The Hall–Kier alpha value is -2.73. The number of carbonyl (C=O) groups excluding carboxylic acids is 1. The summed E-state index contributed by atoms with van der Waals surface area (Å²) in [4.78, 5) is 12.2. The molecule has 1 aliphatic carbocycles. The summed E-state index contributed by atoms with van der Waals surface area (Å²) in [6.07, 6.45) is 4.46. The van der Waals surface area contributed by atoms with Crippen molar-refractivity contribution in [3.63, 3.8) is 0 Å². The lowest BCUT2D eigenvalue weighted by atomic mass is 9.63. The highest BCUT2D eigenvalue weighted by atomic mass is 16.5. The van der Waals surface area contributed by atoms with E-state index in [0.29, 0.717) is 5.56 Å². The number of fused-ring (bicyclic) bond motifs is 4. The smallest absolute Gasteiger partial charge is 0.352 e. The van der Waals surface area contributed by atoms with Crippen LogP contribution < -0.4 is 4.74 Å². The lowest BCUT2D eigenvalue weighted by molar-refractivity contribution is 0.0689. The monoisotopic (exact) mass is 374 g/mol. The number of hydrogen-bond acceptors (Lipinski definition) is 3. The highest BCUT2D eigenvalue weighted by molar-refractivity contribution is 5.91. The van der Waals surface area contributed by atoms with Crippen LogP contribution in [0.4, 0.5) is 0 Å². The van der Waals surface area contributed by atoms with E-state index in [0.717, 1.165) is 29.7 Å². The van der Waals surface area contributed by atoms with Crippen LogP contribution in [0.2, 0.25) is 0 Å². The zero-order valence-corrected chi connectivity index (χ0v) is 17.2. The Labute approximate surface area is 167 Å². The Morgan fingerprint density at radius 1 is 1.11 bits per heavy atom. The maximum absolute atomic E-state index is 12.2. The number of ether oxygens (including phenoxy) is 2. The van der Waals surface area contributed by atoms with E-state index in [1.807, 2.05) is 25.1 Å². The Morgan fingerprint density at radius 3 is 2.57 bits per heavy atom. The minimum atomic E-state index is -0.433. The number of rotatable bonds is 1. The first-order chi connectivity index (χ1) is 13.2. The Bertz CT molecular complexity index is 1020. The fraction of sp³-hybridized carbons (Fsp3) is 0.400. The second-order valence-corrected chi connectivity index (χ2v) is 9.16. The van der Waals surface area contributed by atoms with Gasteiger partial charge in [0, 0.05) is 11.1 Å². The van der Waals surface area contributed by atoms with Gasteiger partial charge in [-0.3, -0.25) is 0 Å². The third kappa shape index (κ3) is 3.07. The predicted molar refractivity (Wildman–Crippen MR) is 109 cm³/mol. The fourth-order valence-corrected chi connectivity index (χ4v) is 4.29. The van der Waals surface area contributed by atoms with Crippen molar-refractivity contribution in [2.75, 3.05) is 0 Å². The summed E-state index contributed by atoms with van der Waals surface area (Å²) >= 11 is 0. The molecule has 2 aliphatic rings. The molecule has 0 radical (unpaired) electrons. The first kappa shape index (κ1) is 18.6. The second-order valence-electron chi connectivity index (χ2n) is 9.16. The minimum absolute atomic E-state index is 0.0817. The van der Waals surface area contributed by atoms with Crippen molar-refractivity contribution in [1.82, 2.24) is 0 Å². The maximum atomic E-state index is 12.2.